The minimum atomic E-state index is 0.386. The largest absolute Gasteiger partial charge is 0.492 e. The van der Waals surface area contributed by atoms with Gasteiger partial charge < -0.3 is 15.4 Å². The lowest BCUT2D eigenvalue weighted by molar-refractivity contribution is 0.229. The Balaban J connectivity index is 1.23. The fourth-order valence-corrected chi connectivity index (χ4v) is 3.77. The highest BCUT2D eigenvalue weighted by molar-refractivity contribution is 5.36. The molecule has 0 bridgehead atoms. The molecule has 2 fully saturated rings. The van der Waals surface area contributed by atoms with Crippen LogP contribution >= 0.6 is 0 Å². The van der Waals surface area contributed by atoms with Gasteiger partial charge in [-0.3, -0.25) is 4.90 Å². The van der Waals surface area contributed by atoms with Crippen molar-refractivity contribution in [3.8, 4) is 5.75 Å². The number of rotatable bonds is 5. The van der Waals surface area contributed by atoms with Crippen LogP contribution in [-0.2, 0) is 0 Å². The molecule has 0 spiro atoms. The molecule has 2 unspecified atom stereocenters. The SMILES string of the molecule is Cc1ccc(OCCN2CC3CN(c4n[nH]c(N)n4)CC3C2)cc1. The van der Waals surface area contributed by atoms with E-state index in [0.29, 0.717) is 17.8 Å². The molecule has 1 aromatic carbocycles. The second kappa shape index (κ2) is 6.32. The Kier molecular flexibility index (Phi) is 4.02. The Labute approximate surface area is 141 Å². The molecular formula is C17H24N6O. The summed E-state index contributed by atoms with van der Waals surface area (Å²) in [4.78, 5) is 8.98. The maximum Gasteiger partial charge on any atom is 0.246 e. The van der Waals surface area contributed by atoms with Crippen LogP contribution in [-0.4, -0.2) is 59.4 Å². The number of nitrogens with zero attached hydrogens (tertiary/aromatic N) is 4. The molecule has 2 atom stereocenters. The molecule has 4 rings (SSSR count). The summed E-state index contributed by atoms with van der Waals surface area (Å²) in [6, 6.07) is 8.24. The number of nitrogen functional groups attached to an aromatic ring is 1. The molecule has 3 heterocycles. The third-order valence-electron chi connectivity index (χ3n) is 5.03. The van der Waals surface area contributed by atoms with E-state index in [2.05, 4.69) is 44.0 Å². The highest BCUT2D eigenvalue weighted by atomic mass is 16.5. The molecule has 2 aliphatic rings. The number of nitrogens with one attached hydrogen (secondary N) is 1. The second-order valence-corrected chi connectivity index (χ2v) is 6.87. The first kappa shape index (κ1) is 15.3. The molecule has 2 aromatic rings. The first-order valence-electron chi connectivity index (χ1n) is 8.52. The van der Waals surface area contributed by atoms with Gasteiger partial charge in [-0.1, -0.05) is 17.7 Å². The number of hydrogen-bond acceptors (Lipinski definition) is 6. The molecule has 128 valence electrons. The van der Waals surface area contributed by atoms with Crippen LogP contribution in [0.25, 0.3) is 0 Å². The average molecular weight is 328 g/mol. The Hall–Kier alpha value is -2.28. The Morgan fingerprint density at radius 3 is 2.50 bits per heavy atom. The smallest absolute Gasteiger partial charge is 0.246 e. The van der Waals surface area contributed by atoms with Crippen LogP contribution in [0, 0.1) is 18.8 Å². The van der Waals surface area contributed by atoms with Crippen LogP contribution in [0.4, 0.5) is 11.9 Å². The molecule has 0 saturated carbocycles. The fourth-order valence-electron chi connectivity index (χ4n) is 3.77. The van der Waals surface area contributed by atoms with E-state index >= 15 is 0 Å². The highest BCUT2D eigenvalue weighted by Crippen LogP contribution is 2.32. The number of ether oxygens (including phenoxy) is 1. The molecule has 7 heteroatoms. The fraction of sp³-hybridized carbons (Fsp3) is 0.529. The van der Waals surface area contributed by atoms with Gasteiger partial charge in [0.1, 0.15) is 12.4 Å². The van der Waals surface area contributed by atoms with Gasteiger partial charge in [-0.25, -0.2) is 5.10 Å². The van der Waals surface area contributed by atoms with Crippen molar-refractivity contribution in [3.05, 3.63) is 29.8 Å². The summed E-state index contributed by atoms with van der Waals surface area (Å²) in [7, 11) is 0. The topological polar surface area (TPSA) is 83.3 Å². The molecule has 7 nitrogen and oxygen atoms in total. The highest BCUT2D eigenvalue weighted by Gasteiger charge is 2.40. The van der Waals surface area contributed by atoms with E-state index in [1.807, 2.05) is 12.1 Å². The number of H-pyrrole nitrogens is 1. The maximum atomic E-state index is 5.85. The van der Waals surface area contributed by atoms with Crippen molar-refractivity contribution >= 4 is 11.9 Å². The summed E-state index contributed by atoms with van der Waals surface area (Å²) in [5.74, 6) is 3.44. The molecule has 1 aromatic heterocycles. The van der Waals surface area contributed by atoms with Gasteiger partial charge >= 0.3 is 0 Å². The van der Waals surface area contributed by atoms with Gasteiger partial charge in [-0.2, -0.15) is 4.98 Å². The van der Waals surface area contributed by atoms with Crippen LogP contribution in [0.5, 0.6) is 5.75 Å². The number of anilines is 2. The summed E-state index contributed by atoms with van der Waals surface area (Å²) in [5, 5.41) is 6.88. The van der Waals surface area contributed by atoms with E-state index in [-0.39, 0.29) is 0 Å². The second-order valence-electron chi connectivity index (χ2n) is 6.87. The molecule has 0 amide bonds. The van der Waals surface area contributed by atoms with Gasteiger partial charge in [0.25, 0.3) is 0 Å². The van der Waals surface area contributed by atoms with Crippen molar-refractivity contribution in [3.63, 3.8) is 0 Å². The van der Waals surface area contributed by atoms with Gasteiger partial charge in [0.15, 0.2) is 0 Å². The van der Waals surface area contributed by atoms with Crippen LogP contribution in [0.15, 0.2) is 24.3 Å². The third-order valence-corrected chi connectivity index (χ3v) is 5.03. The minimum absolute atomic E-state index is 0.386. The number of fused-ring (bicyclic) bond motifs is 1. The number of aromatic nitrogens is 3. The predicted molar refractivity (Wildman–Crippen MR) is 93.1 cm³/mol. The van der Waals surface area contributed by atoms with Crippen LogP contribution in [0.2, 0.25) is 0 Å². The third kappa shape index (κ3) is 3.17. The van der Waals surface area contributed by atoms with Crippen molar-refractivity contribution in [1.29, 1.82) is 0 Å². The van der Waals surface area contributed by atoms with Crippen molar-refractivity contribution in [2.45, 2.75) is 6.92 Å². The zero-order valence-electron chi connectivity index (χ0n) is 14.0. The lowest BCUT2D eigenvalue weighted by Gasteiger charge is -2.20. The Morgan fingerprint density at radius 2 is 1.88 bits per heavy atom. The maximum absolute atomic E-state index is 5.85. The summed E-state index contributed by atoms with van der Waals surface area (Å²) in [6.45, 7) is 8.08. The zero-order chi connectivity index (χ0) is 16.5. The lowest BCUT2D eigenvalue weighted by atomic mass is 10.0. The number of aryl methyl sites for hydroxylation is 1. The molecule has 0 radical (unpaired) electrons. The van der Waals surface area contributed by atoms with E-state index in [1.165, 1.54) is 5.56 Å². The van der Waals surface area contributed by atoms with Gasteiger partial charge in [-0.15, -0.1) is 5.10 Å². The number of likely N-dealkylation sites (tertiary alicyclic amines) is 1. The lowest BCUT2D eigenvalue weighted by Crippen LogP contribution is -2.31. The van der Waals surface area contributed by atoms with Crippen molar-refractivity contribution in [2.24, 2.45) is 11.8 Å². The first-order valence-corrected chi connectivity index (χ1v) is 8.52. The van der Waals surface area contributed by atoms with E-state index in [4.69, 9.17) is 10.5 Å². The number of aromatic amines is 1. The van der Waals surface area contributed by atoms with Gasteiger partial charge in [0, 0.05) is 32.7 Å². The van der Waals surface area contributed by atoms with Crippen molar-refractivity contribution < 1.29 is 4.74 Å². The normalized spacial score (nSPS) is 23.6. The number of nitrogens with two attached hydrogens (primary N) is 1. The van der Waals surface area contributed by atoms with Crippen LogP contribution in [0.3, 0.4) is 0 Å². The van der Waals surface area contributed by atoms with Crippen LogP contribution in [0.1, 0.15) is 5.56 Å². The van der Waals surface area contributed by atoms with E-state index in [9.17, 15) is 0 Å². The van der Waals surface area contributed by atoms with E-state index < -0.39 is 0 Å². The first-order chi connectivity index (χ1) is 11.7. The van der Waals surface area contributed by atoms with Gasteiger partial charge in [0.05, 0.1) is 0 Å². The van der Waals surface area contributed by atoms with Crippen LogP contribution < -0.4 is 15.4 Å². The minimum Gasteiger partial charge on any atom is -0.492 e. The molecule has 0 aliphatic carbocycles. The Bertz CT molecular complexity index is 671. The Morgan fingerprint density at radius 1 is 1.17 bits per heavy atom. The molecule has 2 aliphatic heterocycles. The predicted octanol–water partition coefficient (Wildman–Crippen LogP) is 1.14. The summed E-state index contributed by atoms with van der Waals surface area (Å²) in [5.41, 5.74) is 6.87. The number of benzene rings is 1. The van der Waals surface area contributed by atoms with E-state index in [1.54, 1.807) is 0 Å². The molecular weight excluding hydrogens is 304 g/mol. The summed E-state index contributed by atoms with van der Waals surface area (Å²) < 4.78 is 5.85. The zero-order valence-corrected chi connectivity index (χ0v) is 14.0. The standard InChI is InChI=1S/C17H24N6O/c1-12-2-4-15(5-3-12)24-7-6-22-8-13-10-23(11-14(13)9-22)17-19-16(18)20-21-17/h2-5,13-14H,6-11H2,1H3,(H3,18,19,20,21). The quantitative estimate of drug-likeness (QED) is 0.856. The molecule has 3 N–H and O–H groups in total. The average Bonchev–Trinajstić information content (AvgIpc) is 3.23. The summed E-state index contributed by atoms with van der Waals surface area (Å²) in [6.07, 6.45) is 0. The van der Waals surface area contributed by atoms with Gasteiger partial charge in [-0.05, 0) is 30.9 Å². The monoisotopic (exact) mass is 328 g/mol. The van der Waals surface area contributed by atoms with Gasteiger partial charge in [0.2, 0.25) is 11.9 Å². The van der Waals surface area contributed by atoms with Crippen molar-refractivity contribution in [2.75, 3.05) is 50.0 Å². The number of hydrogen-bond donors (Lipinski definition) is 2. The molecule has 24 heavy (non-hydrogen) atoms. The molecule has 2 saturated heterocycles. The van der Waals surface area contributed by atoms with Crippen molar-refractivity contribution in [1.82, 2.24) is 20.1 Å². The van der Waals surface area contributed by atoms with E-state index in [0.717, 1.165) is 51.0 Å². The summed E-state index contributed by atoms with van der Waals surface area (Å²) >= 11 is 0.